The lowest BCUT2D eigenvalue weighted by Crippen LogP contribution is -2.29. The maximum atomic E-state index is 13.3. The van der Waals surface area contributed by atoms with Crippen molar-refractivity contribution in [3.8, 4) is 11.3 Å². The highest BCUT2D eigenvalue weighted by molar-refractivity contribution is 7.10. The highest BCUT2D eigenvalue weighted by Crippen LogP contribution is 2.27. The average molecular weight is 441 g/mol. The van der Waals surface area contributed by atoms with E-state index in [9.17, 15) is 9.18 Å². The number of hydrogen-bond acceptors (Lipinski definition) is 4. The van der Waals surface area contributed by atoms with Crippen LogP contribution in [0, 0.1) is 5.82 Å². The van der Waals surface area contributed by atoms with Gasteiger partial charge in [0, 0.05) is 28.3 Å². The number of oxazole rings is 1. The summed E-state index contributed by atoms with van der Waals surface area (Å²) in [6, 6.07) is 17.0. The monoisotopic (exact) mass is 440 g/mol. The molecule has 7 heteroatoms. The Kier molecular flexibility index (Phi) is 6.26. The number of halogens is 2. The van der Waals surface area contributed by atoms with Crippen LogP contribution in [0.15, 0.2) is 76.7 Å². The van der Waals surface area contributed by atoms with Gasteiger partial charge in [-0.25, -0.2) is 9.37 Å². The summed E-state index contributed by atoms with van der Waals surface area (Å²) in [6.45, 7) is 0. The molecule has 152 valence electrons. The summed E-state index contributed by atoms with van der Waals surface area (Å²) in [7, 11) is 0. The van der Waals surface area contributed by atoms with Gasteiger partial charge in [-0.05, 0) is 53.4 Å². The summed E-state index contributed by atoms with van der Waals surface area (Å²) >= 11 is 7.45. The first-order valence-corrected chi connectivity index (χ1v) is 10.6. The summed E-state index contributed by atoms with van der Waals surface area (Å²) in [5.74, 6) is 0.675. The summed E-state index contributed by atoms with van der Waals surface area (Å²) in [6.07, 6.45) is 2.24. The molecule has 0 spiro atoms. The molecule has 4 aromatic rings. The average Bonchev–Trinajstić information content (AvgIpc) is 3.44. The van der Waals surface area contributed by atoms with Crippen molar-refractivity contribution in [1.82, 2.24) is 10.3 Å². The molecule has 0 bridgehead atoms. The standard InChI is InChI=1S/C23H18ClFN2O2S/c24-17-7-3-15(4-8-17)19-14-26-22(29-19)12-11-21(28)27-23(20-2-1-13-30-20)16-5-9-18(25)10-6-16/h1-10,13-14,23H,11-12H2,(H,27,28). The minimum atomic E-state index is -0.327. The van der Waals surface area contributed by atoms with Gasteiger partial charge < -0.3 is 9.73 Å². The van der Waals surface area contributed by atoms with Crippen LogP contribution in [0.4, 0.5) is 4.39 Å². The third-order valence-electron chi connectivity index (χ3n) is 4.58. The molecule has 2 aromatic heterocycles. The van der Waals surface area contributed by atoms with E-state index in [2.05, 4.69) is 10.3 Å². The van der Waals surface area contributed by atoms with Crippen LogP contribution in [0.2, 0.25) is 5.02 Å². The number of aromatic nitrogens is 1. The number of rotatable bonds is 7. The zero-order valence-electron chi connectivity index (χ0n) is 15.8. The van der Waals surface area contributed by atoms with E-state index in [0.29, 0.717) is 23.1 Å². The van der Waals surface area contributed by atoms with E-state index in [1.165, 1.54) is 23.5 Å². The molecule has 4 rings (SSSR count). The molecule has 1 atom stereocenters. The van der Waals surface area contributed by atoms with Crippen LogP contribution < -0.4 is 5.32 Å². The fourth-order valence-corrected chi connectivity index (χ4v) is 3.99. The predicted molar refractivity (Wildman–Crippen MR) is 116 cm³/mol. The van der Waals surface area contributed by atoms with Crippen molar-refractivity contribution in [1.29, 1.82) is 0 Å². The number of benzene rings is 2. The molecule has 0 saturated carbocycles. The van der Waals surface area contributed by atoms with Gasteiger partial charge in [0.15, 0.2) is 11.7 Å². The third-order valence-corrected chi connectivity index (χ3v) is 5.77. The van der Waals surface area contributed by atoms with Crippen LogP contribution in [0.5, 0.6) is 0 Å². The molecule has 30 heavy (non-hydrogen) atoms. The number of hydrogen-bond donors (Lipinski definition) is 1. The van der Waals surface area contributed by atoms with Crippen molar-refractivity contribution in [3.05, 3.63) is 99.4 Å². The molecule has 0 radical (unpaired) electrons. The van der Waals surface area contributed by atoms with E-state index in [-0.39, 0.29) is 24.2 Å². The molecule has 2 heterocycles. The van der Waals surface area contributed by atoms with Gasteiger partial charge in [-0.2, -0.15) is 0 Å². The second kappa shape index (κ2) is 9.24. The van der Waals surface area contributed by atoms with Gasteiger partial charge in [0.1, 0.15) is 5.82 Å². The van der Waals surface area contributed by atoms with Gasteiger partial charge in [0.05, 0.1) is 12.2 Å². The number of amides is 1. The molecular formula is C23H18ClFN2O2S. The van der Waals surface area contributed by atoms with Crippen LogP contribution in [0.1, 0.15) is 28.8 Å². The minimum Gasteiger partial charge on any atom is -0.441 e. The lowest BCUT2D eigenvalue weighted by molar-refractivity contribution is -0.121. The van der Waals surface area contributed by atoms with Crippen molar-refractivity contribution < 1.29 is 13.6 Å². The van der Waals surface area contributed by atoms with Crippen molar-refractivity contribution in [2.75, 3.05) is 0 Å². The number of carbonyl (C=O) groups is 1. The van der Waals surface area contributed by atoms with E-state index >= 15 is 0 Å². The Labute approximate surface area is 182 Å². The molecule has 0 saturated heterocycles. The topological polar surface area (TPSA) is 55.1 Å². The Morgan fingerprint density at radius 1 is 1.13 bits per heavy atom. The van der Waals surface area contributed by atoms with Crippen LogP contribution in [-0.4, -0.2) is 10.9 Å². The van der Waals surface area contributed by atoms with Gasteiger partial charge >= 0.3 is 0 Å². The molecule has 2 aromatic carbocycles. The van der Waals surface area contributed by atoms with E-state index < -0.39 is 0 Å². The SMILES string of the molecule is O=C(CCc1ncc(-c2ccc(Cl)cc2)o1)NC(c1ccc(F)cc1)c1cccs1. The molecular weight excluding hydrogens is 423 g/mol. The second-order valence-corrected chi connectivity index (χ2v) is 8.11. The van der Waals surface area contributed by atoms with Crippen LogP contribution >= 0.6 is 22.9 Å². The van der Waals surface area contributed by atoms with Gasteiger partial charge in [-0.15, -0.1) is 11.3 Å². The summed E-state index contributed by atoms with van der Waals surface area (Å²) < 4.78 is 19.1. The first kappa shape index (κ1) is 20.3. The Hall–Kier alpha value is -2.96. The molecule has 1 unspecified atom stereocenters. The van der Waals surface area contributed by atoms with Gasteiger partial charge in [-0.1, -0.05) is 29.8 Å². The third kappa shape index (κ3) is 4.96. The van der Waals surface area contributed by atoms with E-state index in [4.69, 9.17) is 16.0 Å². The fourth-order valence-electron chi connectivity index (χ4n) is 3.06. The van der Waals surface area contributed by atoms with Gasteiger partial charge in [-0.3, -0.25) is 4.79 Å². The van der Waals surface area contributed by atoms with Crippen LogP contribution in [-0.2, 0) is 11.2 Å². The van der Waals surface area contributed by atoms with Gasteiger partial charge in [0.2, 0.25) is 5.91 Å². The Bertz CT molecular complexity index is 1110. The van der Waals surface area contributed by atoms with E-state index in [1.807, 2.05) is 29.6 Å². The smallest absolute Gasteiger partial charge is 0.221 e. The van der Waals surface area contributed by atoms with Crippen molar-refractivity contribution >= 4 is 28.8 Å². The van der Waals surface area contributed by atoms with Crippen LogP contribution in [0.25, 0.3) is 11.3 Å². The summed E-state index contributed by atoms with van der Waals surface area (Å²) in [4.78, 5) is 17.9. The first-order chi connectivity index (χ1) is 14.6. The molecule has 0 aliphatic heterocycles. The summed E-state index contributed by atoms with van der Waals surface area (Å²) in [5.41, 5.74) is 1.70. The van der Waals surface area contributed by atoms with E-state index in [0.717, 1.165) is 16.0 Å². The molecule has 1 N–H and O–H groups in total. The second-order valence-electron chi connectivity index (χ2n) is 6.69. The minimum absolute atomic E-state index is 0.135. The lowest BCUT2D eigenvalue weighted by atomic mass is 10.0. The van der Waals surface area contributed by atoms with E-state index in [1.54, 1.807) is 30.5 Å². The first-order valence-electron chi connectivity index (χ1n) is 9.37. The number of nitrogens with zero attached hydrogens (tertiary/aromatic N) is 1. The number of thiophene rings is 1. The molecule has 0 aliphatic carbocycles. The zero-order chi connectivity index (χ0) is 20.9. The summed E-state index contributed by atoms with van der Waals surface area (Å²) in [5, 5.41) is 5.63. The molecule has 0 fully saturated rings. The van der Waals surface area contributed by atoms with Crippen LogP contribution in [0.3, 0.4) is 0 Å². The number of carbonyl (C=O) groups excluding carboxylic acids is 1. The molecule has 0 aliphatic rings. The van der Waals surface area contributed by atoms with Crippen molar-refractivity contribution in [3.63, 3.8) is 0 Å². The highest BCUT2D eigenvalue weighted by Gasteiger charge is 2.18. The number of nitrogens with one attached hydrogen (secondary N) is 1. The van der Waals surface area contributed by atoms with Crippen molar-refractivity contribution in [2.45, 2.75) is 18.9 Å². The quantitative estimate of drug-likeness (QED) is 0.381. The predicted octanol–water partition coefficient (Wildman–Crippen LogP) is 6.03. The maximum absolute atomic E-state index is 13.3. The Morgan fingerprint density at radius 2 is 1.90 bits per heavy atom. The zero-order valence-corrected chi connectivity index (χ0v) is 17.4. The lowest BCUT2D eigenvalue weighted by Gasteiger charge is -2.18. The normalized spacial score (nSPS) is 11.9. The Balaban J connectivity index is 1.40. The molecule has 1 amide bonds. The van der Waals surface area contributed by atoms with Crippen molar-refractivity contribution in [2.24, 2.45) is 0 Å². The Morgan fingerprint density at radius 3 is 2.60 bits per heavy atom. The number of aryl methyl sites for hydroxylation is 1. The maximum Gasteiger partial charge on any atom is 0.221 e. The fraction of sp³-hybridized carbons (Fsp3) is 0.130. The largest absolute Gasteiger partial charge is 0.441 e. The molecule has 4 nitrogen and oxygen atoms in total. The van der Waals surface area contributed by atoms with Gasteiger partial charge in [0.25, 0.3) is 0 Å². The highest BCUT2D eigenvalue weighted by atomic mass is 35.5.